The fourth-order valence-corrected chi connectivity index (χ4v) is 3.64. The summed E-state index contributed by atoms with van der Waals surface area (Å²) in [4.78, 5) is 12.0. The first-order valence-electron chi connectivity index (χ1n) is 8.90. The van der Waals surface area contributed by atoms with E-state index in [1.165, 1.54) is 6.07 Å². The zero-order valence-corrected chi connectivity index (χ0v) is 15.9. The number of halogens is 3. The van der Waals surface area contributed by atoms with E-state index in [0.717, 1.165) is 30.4 Å². The Hall–Kier alpha value is -1.37. The maximum absolute atomic E-state index is 14.4. The van der Waals surface area contributed by atoms with Crippen LogP contribution in [0.2, 0.25) is 0 Å². The molecule has 0 saturated heterocycles. The molecule has 1 aromatic carbocycles. The highest BCUT2D eigenvalue weighted by molar-refractivity contribution is 7.97. The Morgan fingerprint density at radius 3 is 2.50 bits per heavy atom. The van der Waals surface area contributed by atoms with Crippen LogP contribution in [0.1, 0.15) is 67.3 Å². The summed E-state index contributed by atoms with van der Waals surface area (Å²) in [6.07, 6.45) is 4.16. The first-order chi connectivity index (χ1) is 12.2. The molecule has 2 aliphatic carbocycles. The van der Waals surface area contributed by atoms with Gasteiger partial charge in [0.05, 0.1) is 12.2 Å². The summed E-state index contributed by atoms with van der Waals surface area (Å²) in [5.74, 6) is -2.97. The van der Waals surface area contributed by atoms with Crippen molar-refractivity contribution in [3.8, 4) is 5.75 Å². The summed E-state index contributed by atoms with van der Waals surface area (Å²) in [5.41, 5.74) is 0.507. The average Bonchev–Trinajstić information content (AvgIpc) is 3.41. The number of nitrogens with one attached hydrogen (secondary N) is 1. The molecule has 2 fully saturated rings. The van der Waals surface area contributed by atoms with Crippen molar-refractivity contribution >= 4 is 17.9 Å². The van der Waals surface area contributed by atoms with Crippen molar-refractivity contribution in [3.05, 3.63) is 29.1 Å². The highest BCUT2D eigenvalue weighted by atomic mass is 32.2. The minimum atomic E-state index is -2.59. The van der Waals surface area contributed by atoms with Crippen LogP contribution in [0.5, 0.6) is 5.75 Å². The summed E-state index contributed by atoms with van der Waals surface area (Å²) < 4.78 is 49.6. The zero-order chi connectivity index (χ0) is 18.9. The molecule has 0 heterocycles. The van der Waals surface area contributed by atoms with Gasteiger partial charge in [0.2, 0.25) is 5.92 Å². The van der Waals surface area contributed by atoms with E-state index in [1.807, 2.05) is 6.92 Å². The second kappa shape index (κ2) is 7.33. The normalized spacial score (nSPS) is 21.3. The van der Waals surface area contributed by atoms with Gasteiger partial charge in [-0.2, -0.15) is 0 Å². The number of hydrogen-bond donors (Lipinski definition) is 1. The van der Waals surface area contributed by atoms with E-state index in [9.17, 15) is 18.0 Å². The molecule has 0 bridgehead atoms. The molecular formula is C19H24F3NO2S. The Bertz CT molecular complexity index is 682. The first-order valence-corrected chi connectivity index (χ1v) is 10.1. The third-order valence-corrected chi connectivity index (χ3v) is 5.71. The number of carbonyl (C=O) groups is 1. The van der Waals surface area contributed by atoms with E-state index in [2.05, 4.69) is 4.72 Å². The van der Waals surface area contributed by atoms with Crippen molar-refractivity contribution in [1.29, 1.82) is 0 Å². The number of rotatable bonds is 6. The van der Waals surface area contributed by atoms with Crippen molar-refractivity contribution in [2.75, 3.05) is 12.9 Å². The van der Waals surface area contributed by atoms with Crippen LogP contribution >= 0.6 is 11.9 Å². The summed E-state index contributed by atoms with van der Waals surface area (Å²) in [6, 6.07) is 2.84. The third kappa shape index (κ3) is 4.48. The number of carbonyl (C=O) groups excluding carboxylic acids is 1. The van der Waals surface area contributed by atoms with Gasteiger partial charge in [0.15, 0.2) is 0 Å². The summed E-state index contributed by atoms with van der Waals surface area (Å²) in [7, 11) is 0. The predicted molar refractivity (Wildman–Crippen MR) is 96.4 cm³/mol. The lowest BCUT2D eigenvalue weighted by molar-refractivity contribution is -0.0712. The maximum atomic E-state index is 14.4. The number of alkyl halides is 2. The Morgan fingerprint density at radius 1 is 1.27 bits per heavy atom. The van der Waals surface area contributed by atoms with Crippen LogP contribution in [-0.2, 0) is 0 Å². The molecule has 26 heavy (non-hydrogen) atoms. The topological polar surface area (TPSA) is 38.3 Å². The molecule has 1 aromatic rings. The van der Waals surface area contributed by atoms with Gasteiger partial charge >= 0.3 is 0 Å². The molecule has 3 rings (SSSR count). The second-order valence-electron chi connectivity index (χ2n) is 7.73. The van der Waals surface area contributed by atoms with Gasteiger partial charge in [-0.1, -0.05) is 18.9 Å². The Balaban J connectivity index is 1.75. The van der Waals surface area contributed by atoms with Gasteiger partial charge in [-0.3, -0.25) is 9.52 Å². The predicted octanol–water partition coefficient (Wildman–Crippen LogP) is 5.31. The molecule has 0 atom stereocenters. The summed E-state index contributed by atoms with van der Waals surface area (Å²) in [6.45, 7) is 2.22. The highest BCUT2D eigenvalue weighted by Gasteiger charge is 2.41. The standard InChI is InChI=1S/C19H24F3NO2S/c1-18(5-7-19(21,22)8-6-18)11-25-16-10-15(20)14(17(24)23-26-2)9-13(16)12-3-4-12/h9-10,12H,3-8,11H2,1-2H3,(H,23,24). The van der Waals surface area contributed by atoms with Gasteiger partial charge in [0.25, 0.3) is 5.91 Å². The zero-order valence-electron chi connectivity index (χ0n) is 15.0. The van der Waals surface area contributed by atoms with Crippen LogP contribution in [0.25, 0.3) is 0 Å². The number of hydrogen-bond acceptors (Lipinski definition) is 3. The molecule has 1 N–H and O–H groups in total. The van der Waals surface area contributed by atoms with E-state index >= 15 is 0 Å². The SMILES string of the molecule is CSNC(=O)c1cc(C2CC2)c(OCC2(C)CCC(F)(F)CC2)cc1F. The van der Waals surface area contributed by atoms with Crippen LogP contribution in [-0.4, -0.2) is 24.7 Å². The molecule has 0 radical (unpaired) electrons. The fraction of sp³-hybridized carbons (Fsp3) is 0.632. The average molecular weight is 387 g/mol. The summed E-state index contributed by atoms with van der Waals surface area (Å²) in [5, 5.41) is 0. The number of amides is 1. The highest BCUT2D eigenvalue weighted by Crippen LogP contribution is 2.47. The van der Waals surface area contributed by atoms with Crippen LogP contribution in [0, 0.1) is 11.2 Å². The van der Waals surface area contributed by atoms with Crippen LogP contribution < -0.4 is 9.46 Å². The molecule has 0 unspecified atom stereocenters. The molecule has 3 nitrogen and oxygen atoms in total. The van der Waals surface area contributed by atoms with Crippen molar-refractivity contribution in [2.24, 2.45) is 5.41 Å². The Labute approximate surface area is 156 Å². The molecule has 2 saturated carbocycles. The van der Waals surface area contributed by atoms with Gasteiger partial charge in [-0.05, 0) is 43.2 Å². The number of benzene rings is 1. The molecule has 144 valence electrons. The third-order valence-electron chi connectivity index (χ3n) is 5.32. The van der Waals surface area contributed by atoms with E-state index < -0.39 is 17.6 Å². The monoisotopic (exact) mass is 387 g/mol. The van der Waals surface area contributed by atoms with Gasteiger partial charge in [0, 0.05) is 30.6 Å². The first kappa shape index (κ1) is 19.4. The molecule has 1 amide bonds. The number of ether oxygens (including phenoxy) is 1. The van der Waals surface area contributed by atoms with Crippen molar-refractivity contribution in [1.82, 2.24) is 4.72 Å². The van der Waals surface area contributed by atoms with Gasteiger partial charge in [-0.25, -0.2) is 13.2 Å². The minimum Gasteiger partial charge on any atom is -0.493 e. The largest absolute Gasteiger partial charge is 0.493 e. The smallest absolute Gasteiger partial charge is 0.264 e. The molecule has 0 aliphatic heterocycles. The van der Waals surface area contributed by atoms with E-state index in [4.69, 9.17) is 4.74 Å². The van der Waals surface area contributed by atoms with Gasteiger partial charge in [0.1, 0.15) is 11.6 Å². The fourth-order valence-electron chi connectivity index (χ4n) is 3.35. The van der Waals surface area contributed by atoms with Crippen LogP contribution in [0.4, 0.5) is 13.2 Å². The van der Waals surface area contributed by atoms with E-state index in [-0.39, 0.29) is 36.3 Å². The van der Waals surface area contributed by atoms with Crippen LogP contribution in [0.3, 0.4) is 0 Å². The molecule has 7 heteroatoms. The van der Waals surface area contributed by atoms with E-state index in [0.29, 0.717) is 18.6 Å². The molecule has 0 aromatic heterocycles. The summed E-state index contributed by atoms with van der Waals surface area (Å²) >= 11 is 1.12. The molecule has 2 aliphatic rings. The quantitative estimate of drug-likeness (QED) is 0.673. The lowest BCUT2D eigenvalue weighted by atomic mass is 9.75. The molecular weight excluding hydrogens is 363 g/mol. The maximum Gasteiger partial charge on any atom is 0.264 e. The van der Waals surface area contributed by atoms with Crippen molar-refractivity contribution < 1.29 is 22.7 Å². The van der Waals surface area contributed by atoms with Crippen molar-refractivity contribution in [3.63, 3.8) is 0 Å². The second-order valence-corrected chi connectivity index (χ2v) is 8.35. The lowest BCUT2D eigenvalue weighted by Gasteiger charge is -2.37. The Morgan fingerprint density at radius 2 is 1.92 bits per heavy atom. The lowest BCUT2D eigenvalue weighted by Crippen LogP contribution is -2.35. The van der Waals surface area contributed by atoms with Gasteiger partial charge < -0.3 is 4.74 Å². The molecule has 0 spiro atoms. The van der Waals surface area contributed by atoms with Crippen LogP contribution in [0.15, 0.2) is 12.1 Å². The Kier molecular flexibility index (Phi) is 5.47. The minimum absolute atomic E-state index is 0.0112. The van der Waals surface area contributed by atoms with Crippen molar-refractivity contribution in [2.45, 2.75) is 57.3 Å². The van der Waals surface area contributed by atoms with Gasteiger partial charge in [-0.15, -0.1) is 0 Å². The van der Waals surface area contributed by atoms with E-state index in [1.54, 1.807) is 12.3 Å².